The van der Waals surface area contributed by atoms with Crippen molar-refractivity contribution in [1.82, 2.24) is 9.80 Å². The smallest absolute Gasteiger partial charge is 0.264 e. The van der Waals surface area contributed by atoms with Gasteiger partial charge in [-0.3, -0.25) is 9.59 Å². The predicted molar refractivity (Wildman–Crippen MR) is 144 cm³/mol. The van der Waals surface area contributed by atoms with Crippen LogP contribution in [0.3, 0.4) is 0 Å². The normalized spacial score (nSPS) is 15.7. The number of rotatable bonds is 7. The molecule has 1 aliphatic heterocycles. The molecule has 2 aromatic heterocycles. The van der Waals surface area contributed by atoms with E-state index in [0.29, 0.717) is 23.9 Å². The van der Waals surface area contributed by atoms with Crippen molar-refractivity contribution in [1.29, 1.82) is 0 Å². The van der Waals surface area contributed by atoms with Gasteiger partial charge in [0.1, 0.15) is 18.9 Å². The third-order valence-corrected chi connectivity index (χ3v) is 8.30. The minimum absolute atomic E-state index is 0.0410. The Morgan fingerprint density at radius 1 is 1.09 bits per heavy atom. The molecule has 0 bridgehead atoms. The number of thiophene rings is 2. The van der Waals surface area contributed by atoms with Gasteiger partial charge in [0.05, 0.1) is 10.9 Å². The van der Waals surface area contributed by atoms with Crippen LogP contribution in [0.2, 0.25) is 0 Å². The van der Waals surface area contributed by atoms with Gasteiger partial charge in [0.25, 0.3) is 5.91 Å². The van der Waals surface area contributed by atoms with Gasteiger partial charge in [-0.2, -0.15) is 0 Å². The van der Waals surface area contributed by atoms with E-state index in [2.05, 4.69) is 37.4 Å². The average molecular weight is 511 g/mol. The summed E-state index contributed by atoms with van der Waals surface area (Å²) in [4.78, 5) is 32.5. The van der Waals surface area contributed by atoms with Crippen molar-refractivity contribution in [3.8, 4) is 5.75 Å². The maximum absolute atomic E-state index is 13.7. The van der Waals surface area contributed by atoms with Crippen molar-refractivity contribution in [3.05, 3.63) is 74.1 Å². The summed E-state index contributed by atoms with van der Waals surface area (Å²) in [6.07, 6.45) is 0.826. The molecule has 0 unspecified atom stereocenters. The van der Waals surface area contributed by atoms with E-state index in [0.717, 1.165) is 17.7 Å². The summed E-state index contributed by atoms with van der Waals surface area (Å²) < 4.78 is 6.20. The molecule has 2 amide bonds. The highest BCUT2D eigenvalue weighted by Crippen LogP contribution is 2.34. The highest BCUT2D eigenvalue weighted by Gasteiger charge is 2.36. The van der Waals surface area contributed by atoms with Crippen LogP contribution in [0.5, 0.6) is 5.75 Å². The molecule has 186 valence electrons. The maximum atomic E-state index is 13.7. The Kier molecular flexibility index (Phi) is 7.67. The summed E-state index contributed by atoms with van der Waals surface area (Å²) >= 11 is 3.14. The zero-order valence-corrected chi connectivity index (χ0v) is 22.7. The lowest BCUT2D eigenvalue weighted by Gasteiger charge is -2.40. The van der Waals surface area contributed by atoms with Crippen molar-refractivity contribution in [2.45, 2.75) is 58.5 Å². The Hall–Kier alpha value is -2.64. The number of amides is 2. The SMILES string of the molecule is CC(C)c1ccc(OC[C@@H]2c3ccsc3CCN2C(=O)CN(C(=O)c2cccs2)C(C)(C)C)cc1. The van der Waals surface area contributed by atoms with Crippen LogP contribution in [-0.4, -0.2) is 46.8 Å². The van der Waals surface area contributed by atoms with Gasteiger partial charge in [-0.25, -0.2) is 0 Å². The average Bonchev–Trinajstić information content (AvgIpc) is 3.52. The van der Waals surface area contributed by atoms with E-state index in [9.17, 15) is 9.59 Å². The lowest BCUT2D eigenvalue weighted by atomic mass is 9.99. The molecular formula is C28H34N2O3S2. The molecule has 0 aliphatic carbocycles. The van der Waals surface area contributed by atoms with E-state index < -0.39 is 5.54 Å². The molecular weight excluding hydrogens is 476 g/mol. The minimum Gasteiger partial charge on any atom is -0.491 e. The fourth-order valence-electron chi connectivity index (χ4n) is 4.37. The van der Waals surface area contributed by atoms with E-state index in [-0.39, 0.29) is 24.4 Å². The second-order valence-corrected chi connectivity index (χ2v) is 12.2. The highest BCUT2D eigenvalue weighted by molar-refractivity contribution is 7.12. The van der Waals surface area contributed by atoms with Crippen molar-refractivity contribution >= 4 is 34.5 Å². The van der Waals surface area contributed by atoms with Crippen LogP contribution >= 0.6 is 22.7 Å². The molecule has 0 radical (unpaired) electrons. The first kappa shape index (κ1) is 25.5. The Morgan fingerprint density at radius 3 is 2.46 bits per heavy atom. The quantitative estimate of drug-likeness (QED) is 0.371. The fourth-order valence-corrected chi connectivity index (χ4v) is 5.97. The molecule has 0 N–H and O–H groups in total. The van der Waals surface area contributed by atoms with Crippen molar-refractivity contribution in [3.63, 3.8) is 0 Å². The van der Waals surface area contributed by atoms with E-state index >= 15 is 0 Å². The van der Waals surface area contributed by atoms with Crippen LogP contribution in [0.25, 0.3) is 0 Å². The van der Waals surface area contributed by atoms with Gasteiger partial charge in [0.2, 0.25) is 5.91 Å². The standard InChI is InChI=1S/C28H34N2O3S2/c1-19(2)20-8-10-21(11-9-20)33-18-23-22-13-16-35-24(22)12-14-29(23)26(31)17-30(28(3,4)5)27(32)25-7-6-15-34-25/h6-11,13,15-16,19,23H,12,14,17-18H2,1-5H3/t23-/m1/s1. The fraction of sp³-hybridized carbons (Fsp3) is 0.429. The van der Waals surface area contributed by atoms with Crippen molar-refractivity contribution in [2.75, 3.05) is 19.7 Å². The number of carbonyl (C=O) groups excluding carboxylic acids is 2. The molecule has 7 heteroatoms. The van der Waals surface area contributed by atoms with Gasteiger partial charge in [0.15, 0.2) is 0 Å². The Morgan fingerprint density at radius 2 is 1.83 bits per heavy atom. The molecule has 0 spiro atoms. The number of fused-ring (bicyclic) bond motifs is 1. The minimum atomic E-state index is -0.482. The molecule has 35 heavy (non-hydrogen) atoms. The number of carbonyl (C=O) groups is 2. The summed E-state index contributed by atoms with van der Waals surface area (Å²) in [6, 6.07) is 13.8. The summed E-state index contributed by atoms with van der Waals surface area (Å²) in [5.41, 5.74) is 1.94. The van der Waals surface area contributed by atoms with Crippen LogP contribution < -0.4 is 4.74 Å². The summed E-state index contributed by atoms with van der Waals surface area (Å²) in [6.45, 7) is 11.3. The van der Waals surface area contributed by atoms with Gasteiger partial charge in [-0.05, 0) is 79.3 Å². The first-order valence-corrected chi connectivity index (χ1v) is 13.8. The van der Waals surface area contributed by atoms with E-state index in [1.54, 1.807) is 16.2 Å². The number of hydrogen-bond donors (Lipinski definition) is 0. The van der Waals surface area contributed by atoms with Crippen LogP contribution in [0, 0.1) is 0 Å². The van der Waals surface area contributed by atoms with Crippen LogP contribution in [-0.2, 0) is 11.2 Å². The Balaban J connectivity index is 1.53. The number of hydrogen-bond acceptors (Lipinski definition) is 5. The molecule has 1 atom stereocenters. The topological polar surface area (TPSA) is 49.9 Å². The first-order chi connectivity index (χ1) is 16.6. The van der Waals surface area contributed by atoms with Gasteiger partial charge in [-0.1, -0.05) is 32.0 Å². The zero-order valence-electron chi connectivity index (χ0n) is 21.1. The van der Waals surface area contributed by atoms with E-state index in [4.69, 9.17) is 4.74 Å². The molecule has 5 nitrogen and oxygen atoms in total. The van der Waals surface area contributed by atoms with Crippen molar-refractivity contribution in [2.24, 2.45) is 0 Å². The lowest BCUT2D eigenvalue weighted by molar-refractivity contribution is -0.136. The largest absolute Gasteiger partial charge is 0.491 e. The zero-order chi connectivity index (χ0) is 25.2. The number of ether oxygens (including phenoxy) is 1. The van der Waals surface area contributed by atoms with Crippen LogP contribution in [0.15, 0.2) is 53.2 Å². The Bertz CT molecular complexity index is 1140. The van der Waals surface area contributed by atoms with Crippen LogP contribution in [0.1, 0.15) is 72.3 Å². The molecule has 0 fully saturated rings. The van der Waals surface area contributed by atoms with Crippen molar-refractivity contribution < 1.29 is 14.3 Å². The third-order valence-electron chi connectivity index (χ3n) is 6.45. The van der Waals surface area contributed by atoms with Gasteiger partial charge >= 0.3 is 0 Å². The summed E-state index contributed by atoms with van der Waals surface area (Å²) in [5, 5.41) is 3.98. The second-order valence-electron chi connectivity index (χ2n) is 10.2. The number of benzene rings is 1. The molecule has 1 aliphatic rings. The molecule has 0 saturated carbocycles. The Labute approximate surface area is 216 Å². The molecule has 3 aromatic rings. The van der Waals surface area contributed by atoms with Gasteiger partial charge < -0.3 is 14.5 Å². The third kappa shape index (κ3) is 5.78. The predicted octanol–water partition coefficient (Wildman–Crippen LogP) is 6.38. The maximum Gasteiger partial charge on any atom is 0.264 e. The molecule has 1 aromatic carbocycles. The monoisotopic (exact) mass is 510 g/mol. The molecule has 4 rings (SSSR count). The lowest BCUT2D eigenvalue weighted by Crippen LogP contribution is -2.53. The van der Waals surface area contributed by atoms with Gasteiger partial charge in [0, 0.05) is 17.0 Å². The summed E-state index contributed by atoms with van der Waals surface area (Å²) in [5.74, 6) is 1.11. The second kappa shape index (κ2) is 10.5. The van der Waals surface area contributed by atoms with E-state index in [1.807, 2.05) is 55.3 Å². The van der Waals surface area contributed by atoms with Crippen LogP contribution in [0.4, 0.5) is 0 Å². The highest BCUT2D eigenvalue weighted by atomic mass is 32.1. The molecule has 3 heterocycles. The number of nitrogens with zero attached hydrogens (tertiary/aromatic N) is 2. The van der Waals surface area contributed by atoms with E-state index in [1.165, 1.54) is 21.8 Å². The van der Waals surface area contributed by atoms with Gasteiger partial charge in [-0.15, -0.1) is 22.7 Å². The first-order valence-electron chi connectivity index (χ1n) is 12.1. The molecule has 0 saturated heterocycles. The summed E-state index contributed by atoms with van der Waals surface area (Å²) in [7, 11) is 0.